The summed E-state index contributed by atoms with van der Waals surface area (Å²) in [6.45, 7) is 0.787. The number of hydrogen-bond acceptors (Lipinski definition) is 3. The number of thioether (sulfide) groups is 1. The summed E-state index contributed by atoms with van der Waals surface area (Å²) in [6, 6.07) is 5.55. The standard InChI is InChI=1S/C16H20FNOS/c1-18(16-5-7-20-12-16)11-14-8-13(4-2-3-6-19)9-15(17)10-14/h8-10,16,19H,3,5-7,11-12H2,1H3. The van der Waals surface area contributed by atoms with Crippen molar-refractivity contribution < 1.29 is 9.50 Å². The largest absolute Gasteiger partial charge is 0.395 e. The zero-order chi connectivity index (χ0) is 14.4. The van der Waals surface area contributed by atoms with Gasteiger partial charge in [0, 0.05) is 30.3 Å². The highest BCUT2D eigenvalue weighted by atomic mass is 32.2. The predicted octanol–water partition coefficient (Wildman–Crippen LogP) is 2.50. The smallest absolute Gasteiger partial charge is 0.124 e. The van der Waals surface area contributed by atoms with Crippen molar-refractivity contribution in [2.75, 3.05) is 25.2 Å². The quantitative estimate of drug-likeness (QED) is 0.863. The third-order valence-electron chi connectivity index (χ3n) is 3.39. The van der Waals surface area contributed by atoms with Crippen LogP contribution in [-0.4, -0.2) is 41.2 Å². The molecule has 2 nitrogen and oxygen atoms in total. The first-order valence-electron chi connectivity index (χ1n) is 6.86. The molecule has 1 aromatic carbocycles. The van der Waals surface area contributed by atoms with Crippen LogP contribution in [0.25, 0.3) is 0 Å². The van der Waals surface area contributed by atoms with Crippen molar-refractivity contribution in [3.8, 4) is 11.8 Å². The Morgan fingerprint density at radius 2 is 2.30 bits per heavy atom. The van der Waals surface area contributed by atoms with Crippen molar-refractivity contribution in [1.82, 2.24) is 4.90 Å². The molecule has 1 fully saturated rings. The highest BCUT2D eigenvalue weighted by Gasteiger charge is 2.20. The second-order valence-corrected chi connectivity index (χ2v) is 6.21. The van der Waals surface area contributed by atoms with Crippen LogP contribution in [-0.2, 0) is 6.54 Å². The highest BCUT2D eigenvalue weighted by molar-refractivity contribution is 7.99. The van der Waals surface area contributed by atoms with Gasteiger partial charge in [-0.2, -0.15) is 11.8 Å². The van der Waals surface area contributed by atoms with E-state index < -0.39 is 0 Å². The molecular weight excluding hydrogens is 273 g/mol. The summed E-state index contributed by atoms with van der Waals surface area (Å²) in [7, 11) is 2.10. The minimum atomic E-state index is -0.245. The Labute approximate surface area is 124 Å². The molecule has 20 heavy (non-hydrogen) atoms. The lowest BCUT2D eigenvalue weighted by Gasteiger charge is -2.23. The monoisotopic (exact) mass is 293 g/mol. The van der Waals surface area contributed by atoms with Gasteiger partial charge in [-0.25, -0.2) is 4.39 Å². The molecule has 1 aromatic rings. The van der Waals surface area contributed by atoms with E-state index in [1.807, 2.05) is 17.8 Å². The van der Waals surface area contributed by atoms with Gasteiger partial charge in [-0.3, -0.25) is 4.90 Å². The molecule has 0 aromatic heterocycles. The Morgan fingerprint density at radius 3 is 3.00 bits per heavy atom. The van der Waals surface area contributed by atoms with Crippen LogP contribution in [0.15, 0.2) is 18.2 Å². The Kier molecular flexibility index (Phi) is 5.90. The third kappa shape index (κ3) is 4.52. The fourth-order valence-corrected chi connectivity index (χ4v) is 3.62. The topological polar surface area (TPSA) is 23.5 Å². The first kappa shape index (κ1) is 15.4. The maximum atomic E-state index is 13.6. The summed E-state index contributed by atoms with van der Waals surface area (Å²) < 4.78 is 13.6. The first-order chi connectivity index (χ1) is 9.69. The predicted molar refractivity (Wildman–Crippen MR) is 82.2 cm³/mol. The molecule has 1 unspecified atom stereocenters. The summed E-state index contributed by atoms with van der Waals surface area (Å²) in [5.41, 5.74) is 1.64. The Morgan fingerprint density at radius 1 is 1.45 bits per heavy atom. The molecule has 0 aliphatic carbocycles. The van der Waals surface area contributed by atoms with Crippen molar-refractivity contribution in [3.05, 3.63) is 35.1 Å². The van der Waals surface area contributed by atoms with E-state index in [2.05, 4.69) is 23.8 Å². The fraction of sp³-hybridized carbons (Fsp3) is 0.500. The van der Waals surface area contributed by atoms with E-state index in [9.17, 15) is 4.39 Å². The van der Waals surface area contributed by atoms with Crippen LogP contribution < -0.4 is 0 Å². The van der Waals surface area contributed by atoms with Gasteiger partial charge in [-0.05, 0) is 43.0 Å². The zero-order valence-corrected chi connectivity index (χ0v) is 12.5. The SMILES string of the molecule is CN(Cc1cc(F)cc(C#CCCO)c1)C1CCSC1. The number of halogens is 1. The summed E-state index contributed by atoms with van der Waals surface area (Å²) in [5.74, 6) is 7.86. The lowest BCUT2D eigenvalue weighted by atomic mass is 10.1. The molecule has 0 amide bonds. The average molecular weight is 293 g/mol. The lowest BCUT2D eigenvalue weighted by molar-refractivity contribution is 0.254. The Bertz CT molecular complexity index is 503. The van der Waals surface area contributed by atoms with Crippen LogP contribution in [0, 0.1) is 17.7 Å². The molecule has 0 saturated carbocycles. The number of rotatable bonds is 4. The molecule has 1 saturated heterocycles. The van der Waals surface area contributed by atoms with Crippen LogP contribution in [0.5, 0.6) is 0 Å². The van der Waals surface area contributed by atoms with Crippen molar-refractivity contribution >= 4 is 11.8 Å². The van der Waals surface area contributed by atoms with Gasteiger partial charge in [0.1, 0.15) is 5.82 Å². The molecule has 1 atom stereocenters. The molecule has 1 heterocycles. The van der Waals surface area contributed by atoms with Crippen LogP contribution in [0.4, 0.5) is 4.39 Å². The second-order valence-electron chi connectivity index (χ2n) is 5.06. The zero-order valence-electron chi connectivity index (χ0n) is 11.7. The molecular formula is C16H20FNOS. The summed E-state index contributed by atoms with van der Waals surface area (Å²) in [5, 5.41) is 8.71. The van der Waals surface area contributed by atoms with Gasteiger partial charge in [0.25, 0.3) is 0 Å². The molecule has 0 bridgehead atoms. The van der Waals surface area contributed by atoms with E-state index in [1.165, 1.54) is 18.2 Å². The molecule has 4 heteroatoms. The van der Waals surface area contributed by atoms with Crippen LogP contribution in [0.1, 0.15) is 24.0 Å². The van der Waals surface area contributed by atoms with Gasteiger partial charge in [0.05, 0.1) is 6.61 Å². The second kappa shape index (κ2) is 7.68. The van der Waals surface area contributed by atoms with E-state index >= 15 is 0 Å². The number of nitrogens with zero attached hydrogens (tertiary/aromatic N) is 1. The maximum Gasteiger partial charge on any atom is 0.124 e. The molecule has 0 radical (unpaired) electrons. The van der Waals surface area contributed by atoms with Crippen molar-refractivity contribution in [1.29, 1.82) is 0 Å². The van der Waals surface area contributed by atoms with Gasteiger partial charge in [0.15, 0.2) is 0 Å². The van der Waals surface area contributed by atoms with E-state index in [-0.39, 0.29) is 12.4 Å². The first-order valence-corrected chi connectivity index (χ1v) is 8.01. The molecule has 1 aliphatic rings. The lowest BCUT2D eigenvalue weighted by Crippen LogP contribution is -2.30. The van der Waals surface area contributed by atoms with Crippen molar-refractivity contribution in [2.24, 2.45) is 0 Å². The van der Waals surface area contributed by atoms with Crippen LogP contribution >= 0.6 is 11.8 Å². The summed E-state index contributed by atoms with van der Waals surface area (Å²) >= 11 is 1.98. The highest BCUT2D eigenvalue weighted by Crippen LogP contribution is 2.23. The molecule has 108 valence electrons. The van der Waals surface area contributed by atoms with Crippen molar-refractivity contribution in [3.63, 3.8) is 0 Å². The summed E-state index contributed by atoms with van der Waals surface area (Å²) in [6.07, 6.45) is 1.63. The van der Waals surface area contributed by atoms with E-state index in [1.54, 1.807) is 6.07 Å². The molecule has 1 aliphatic heterocycles. The van der Waals surface area contributed by atoms with Gasteiger partial charge in [0.2, 0.25) is 0 Å². The Hall–Kier alpha value is -1.02. The average Bonchev–Trinajstić information content (AvgIpc) is 2.92. The Balaban J connectivity index is 2.05. The number of aliphatic hydroxyl groups is 1. The minimum Gasteiger partial charge on any atom is -0.395 e. The van der Waals surface area contributed by atoms with E-state index in [0.717, 1.165) is 17.9 Å². The van der Waals surface area contributed by atoms with Gasteiger partial charge in [-0.1, -0.05) is 11.8 Å². The minimum absolute atomic E-state index is 0.0389. The van der Waals surface area contributed by atoms with Gasteiger partial charge < -0.3 is 5.11 Å². The number of benzene rings is 1. The van der Waals surface area contributed by atoms with E-state index in [0.29, 0.717) is 18.0 Å². The number of hydrogen-bond donors (Lipinski definition) is 1. The molecule has 1 N–H and O–H groups in total. The van der Waals surface area contributed by atoms with Gasteiger partial charge >= 0.3 is 0 Å². The van der Waals surface area contributed by atoms with Crippen LogP contribution in [0.2, 0.25) is 0 Å². The number of aliphatic hydroxyl groups excluding tert-OH is 1. The molecule has 2 rings (SSSR count). The summed E-state index contributed by atoms with van der Waals surface area (Å²) in [4.78, 5) is 2.29. The maximum absolute atomic E-state index is 13.6. The van der Waals surface area contributed by atoms with Crippen LogP contribution in [0.3, 0.4) is 0 Å². The van der Waals surface area contributed by atoms with Crippen molar-refractivity contribution in [2.45, 2.75) is 25.4 Å². The van der Waals surface area contributed by atoms with Gasteiger partial charge in [-0.15, -0.1) is 0 Å². The molecule has 0 spiro atoms. The third-order valence-corrected chi connectivity index (χ3v) is 4.53. The normalized spacial score (nSPS) is 18.1. The van der Waals surface area contributed by atoms with E-state index in [4.69, 9.17) is 5.11 Å². The fourth-order valence-electron chi connectivity index (χ4n) is 2.32.